The number of nitrogens with two attached hydrogens (primary N) is 1. The lowest BCUT2D eigenvalue weighted by molar-refractivity contribution is -0.148. The number of hydrogen-bond donors (Lipinski definition) is 1. The molecule has 3 atom stereocenters. The van der Waals surface area contributed by atoms with Crippen molar-refractivity contribution in [2.75, 3.05) is 19.6 Å². The van der Waals surface area contributed by atoms with Crippen molar-refractivity contribution >= 4 is 24.2 Å². The Balaban J connectivity index is 0.00000242. The minimum absolute atomic E-state index is 0. The number of carbonyl (C=O) groups is 2. The van der Waals surface area contributed by atoms with Gasteiger partial charge in [-0.15, -0.1) is 12.4 Å². The van der Waals surface area contributed by atoms with Crippen LogP contribution in [0.2, 0.25) is 0 Å². The summed E-state index contributed by atoms with van der Waals surface area (Å²) in [6, 6.07) is 0.00729. The van der Waals surface area contributed by atoms with Crippen molar-refractivity contribution in [2.24, 2.45) is 11.7 Å². The number of carbonyl (C=O) groups excluding carboxylic acids is 2. The molecule has 0 aliphatic carbocycles. The molecule has 2 N–H and O–H groups in total. The second-order valence-electron chi connectivity index (χ2n) is 6.53. The van der Waals surface area contributed by atoms with Crippen molar-refractivity contribution in [3.8, 4) is 0 Å². The summed E-state index contributed by atoms with van der Waals surface area (Å²) in [5.41, 5.74) is 5.75. The standard InChI is InChI=1S/C16H29N3O2.ClH/c1-3-6-15(20)18-8-5-4-7-14(18)16(21)19-11-13(10-17)9-12(19)2;/h12-14H,3-11,17H2,1-2H3;1H. The number of amides is 2. The van der Waals surface area contributed by atoms with Crippen LogP contribution in [0.5, 0.6) is 0 Å². The molecule has 0 aromatic heterocycles. The van der Waals surface area contributed by atoms with Gasteiger partial charge in [-0.1, -0.05) is 6.92 Å². The third kappa shape index (κ3) is 4.13. The molecule has 5 nitrogen and oxygen atoms in total. The maximum atomic E-state index is 12.9. The molecule has 2 amide bonds. The maximum absolute atomic E-state index is 12.9. The lowest BCUT2D eigenvalue weighted by Crippen LogP contribution is -2.53. The molecule has 2 aliphatic rings. The van der Waals surface area contributed by atoms with Crippen molar-refractivity contribution in [1.29, 1.82) is 0 Å². The van der Waals surface area contributed by atoms with Crippen LogP contribution in [0.4, 0.5) is 0 Å². The van der Waals surface area contributed by atoms with Gasteiger partial charge in [0.25, 0.3) is 0 Å². The number of likely N-dealkylation sites (tertiary alicyclic amines) is 2. The van der Waals surface area contributed by atoms with Crippen LogP contribution in [-0.2, 0) is 9.59 Å². The molecule has 22 heavy (non-hydrogen) atoms. The van der Waals surface area contributed by atoms with E-state index in [0.29, 0.717) is 18.9 Å². The molecular formula is C16H30ClN3O2. The van der Waals surface area contributed by atoms with Gasteiger partial charge in [-0.3, -0.25) is 9.59 Å². The lowest BCUT2D eigenvalue weighted by atomic mass is 10.00. The fraction of sp³-hybridized carbons (Fsp3) is 0.875. The summed E-state index contributed by atoms with van der Waals surface area (Å²) < 4.78 is 0. The van der Waals surface area contributed by atoms with Gasteiger partial charge in [-0.05, 0) is 51.5 Å². The number of halogens is 1. The summed E-state index contributed by atoms with van der Waals surface area (Å²) in [6.45, 7) is 6.22. The zero-order valence-electron chi connectivity index (χ0n) is 13.8. The molecule has 6 heteroatoms. The van der Waals surface area contributed by atoms with Crippen molar-refractivity contribution in [3.63, 3.8) is 0 Å². The van der Waals surface area contributed by atoms with Gasteiger partial charge in [0, 0.05) is 25.6 Å². The van der Waals surface area contributed by atoms with E-state index in [4.69, 9.17) is 5.73 Å². The second kappa shape index (κ2) is 8.73. The van der Waals surface area contributed by atoms with E-state index in [1.807, 2.05) is 16.7 Å². The van der Waals surface area contributed by atoms with E-state index in [9.17, 15) is 9.59 Å². The first-order chi connectivity index (χ1) is 10.1. The van der Waals surface area contributed by atoms with Crippen LogP contribution in [0.15, 0.2) is 0 Å². The number of rotatable bonds is 4. The van der Waals surface area contributed by atoms with E-state index in [2.05, 4.69) is 6.92 Å². The molecular weight excluding hydrogens is 302 g/mol. The largest absolute Gasteiger partial charge is 0.338 e. The van der Waals surface area contributed by atoms with Gasteiger partial charge >= 0.3 is 0 Å². The lowest BCUT2D eigenvalue weighted by Gasteiger charge is -2.38. The predicted molar refractivity (Wildman–Crippen MR) is 89.8 cm³/mol. The number of nitrogens with zero attached hydrogens (tertiary/aromatic N) is 2. The van der Waals surface area contributed by atoms with E-state index >= 15 is 0 Å². The fourth-order valence-electron chi connectivity index (χ4n) is 3.66. The molecule has 0 radical (unpaired) electrons. The average molecular weight is 332 g/mol. The highest BCUT2D eigenvalue weighted by Gasteiger charge is 2.39. The van der Waals surface area contributed by atoms with E-state index < -0.39 is 0 Å². The predicted octanol–water partition coefficient (Wildman–Crippen LogP) is 1.79. The van der Waals surface area contributed by atoms with E-state index in [1.165, 1.54) is 0 Å². The molecule has 0 spiro atoms. The third-order valence-corrected chi connectivity index (χ3v) is 4.85. The van der Waals surface area contributed by atoms with Crippen LogP contribution in [-0.4, -0.2) is 53.3 Å². The van der Waals surface area contributed by atoms with Crippen molar-refractivity contribution in [3.05, 3.63) is 0 Å². The topological polar surface area (TPSA) is 66.6 Å². The minimum Gasteiger partial charge on any atom is -0.338 e. The first-order valence-corrected chi connectivity index (χ1v) is 8.38. The molecule has 0 saturated carbocycles. The van der Waals surface area contributed by atoms with E-state index in [0.717, 1.165) is 45.2 Å². The SMILES string of the molecule is CCCC(=O)N1CCCCC1C(=O)N1CC(CN)CC1C.Cl. The highest BCUT2D eigenvalue weighted by Crippen LogP contribution is 2.27. The molecule has 0 bridgehead atoms. The highest BCUT2D eigenvalue weighted by molar-refractivity contribution is 5.88. The normalized spacial score (nSPS) is 28.4. The smallest absolute Gasteiger partial charge is 0.245 e. The van der Waals surface area contributed by atoms with Gasteiger partial charge in [0.2, 0.25) is 11.8 Å². The van der Waals surface area contributed by atoms with Crippen LogP contribution in [0.3, 0.4) is 0 Å². The van der Waals surface area contributed by atoms with Crippen LogP contribution >= 0.6 is 12.4 Å². The Morgan fingerprint density at radius 1 is 1.23 bits per heavy atom. The Kier molecular flexibility index (Phi) is 7.63. The van der Waals surface area contributed by atoms with Gasteiger partial charge in [0.05, 0.1) is 0 Å². The monoisotopic (exact) mass is 331 g/mol. The number of hydrogen-bond acceptors (Lipinski definition) is 3. The van der Waals surface area contributed by atoms with Gasteiger partial charge < -0.3 is 15.5 Å². The van der Waals surface area contributed by atoms with Gasteiger partial charge in [0.1, 0.15) is 6.04 Å². The van der Waals surface area contributed by atoms with Crippen molar-refractivity contribution < 1.29 is 9.59 Å². The van der Waals surface area contributed by atoms with E-state index in [-0.39, 0.29) is 36.3 Å². The first-order valence-electron chi connectivity index (χ1n) is 8.38. The van der Waals surface area contributed by atoms with Gasteiger partial charge in [-0.25, -0.2) is 0 Å². The van der Waals surface area contributed by atoms with Crippen LogP contribution in [0, 0.1) is 5.92 Å². The summed E-state index contributed by atoms with van der Waals surface area (Å²) >= 11 is 0. The quantitative estimate of drug-likeness (QED) is 0.854. The minimum atomic E-state index is -0.239. The highest BCUT2D eigenvalue weighted by atomic mass is 35.5. The first kappa shape index (κ1) is 19.2. The van der Waals surface area contributed by atoms with Crippen LogP contribution in [0.1, 0.15) is 52.4 Å². The Hall–Kier alpha value is -0.810. The third-order valence-electron chi connectivity index (χ3n) is 4.85. The Morgan fingerprint density at radius 3 is 2.55 bits per heavy atom. The molecule has 128 valence electrons. The Morgan fingerprint density at radius 2 is 1.95 bits per heavy atom. The zero-order chi connectivity index (χ0) is 15.4. The molecule has 2 fully saturated rings. The molecule has 0 aromatic carbocycles. The second-order valence-corrected chi connectivity index (χ2v) is 6.53. The maximum Gasteiger partial charge on any atom is 0.245 e. The van der Waals surface area contributed by atoms with E-state index in [1.54, 1.807) is 0 Å². The fourth-order valence-corrected chi connectivity index (χ4v) is 3.66. The molecule has 2 rings (SSSR count). The Labute approximate surface area is 140 Å². The summed E-state index contributed by atoms with van der Waals surface area (Å²) in [5, 5.41) is 0. The molecule has 2 saturated heterocycles. The molecule has 2 aliphatic heterocycles. The summed E-state index contributed by atoms with van der Waals surface area (Å²) in [5.74, 6) is 0.688. The van der Waals surface area contributed by atoms with Gasteiger partial charge in [-0.2, -0.15) is 0 Å². The molecule has 3 unspecified atom stereocenters. The summed E-state index contributed by atoms with van der Waals surface area (Å²) in [7, 11) is 0. The van der Waals surface area contributed by atoms with Gasteiger partial charge in [0.15, 0.2) is 0 Å². The Bertz CT molecular complexity index is 392. The zero-order valence-corrected chi connectivity index (χ0v) is 14.6. The molecule has 0 aromatic rings. The summed E-state index contributed by atoms with van der Waals surface area (Å²) in [4.78, 5) is 28.9. The molecule has 2 heterocycles. The van der Waals surface area contributed by atoms with Crippen molar-refractivity contribution in [2.45, 2.75) is 64.5 Å². The number of piperidine rings is 1. The van der Waals surface area contributed by atoms with Crippen LogP contribution in [0.25, 0.3) is 0 Å². The van der Waals surface area contributed by atoms with Crippen molar-refractivity contribution in [1.82, 2.24) is 9.80 Å². The van der Waals surface area contributed by atoms with Crippen LogP contribution < -0.4 is 5.73 Å². The summed E-state index contributed by atoms with van der Waals surface area (Å²) in [6.07, 6.45) is 5.23. The average Bonchev–Trinajstić information content (AvgIpc) is 2.88.